The van der Waals surface area contributed by atoms with Gasteiger partial charge in [0, 0.05) is 61.0 Å². The molecule has 23 nitrogen and oxygen atoms in total. The summed E-state index contributed by atoms with van der Waals surface area (Å²) in [7, 11) is -9.05. The van der Waals surface area contributed by atoms with Crippen molar-refractivity contribution in [2.45, 2.75) is 135 Å². The highest BCUT2D eigenvalue weighted by molar-refractivity contribution is 7.98. The van der Waals surface area contributed by atoms with Crippen molar-refractivity contribution in [2.24, 2.45) is 23.3 Å². The lowest BCUT2D eigenvalue weighted by atomic mass is 9.60. The Labute approximate surface area is 772 Å². The molecule has 694 valence electrons. The van der Waals surface area contributed by atoms with Crippen molar-refractivity contribution in [3.63, 3.8) is 0 Å². The van der Waals surface area contributed by atoms with Gasteiger partial charge in [0.1, 0.15) is 49.8 Å². The second-order valence-corrected chi connectivity index (χ2v) is 41.6. The molecule has 9 atom stereocenters. The van der Waals surface area contributed by atoms with Gasteiger partial charge in [-0.25, -0.2) is 98.4 Å². The Balaban J connectivity index is 0.000000145. The number of alkyl halides is 9. The number of carbonyl (C=O) groups excluding carboxylic acids is 3. The number of carbonyl (C=O) groups is 3. The number of aryl methyl sites for hydroxylation is 1. The van der Waals surface area contributed by atoms with Crippen LogP contribution in [0.3, 0.4) is 0 Å². The van der Waals surface area contributed by atoms with E-state index in [9.17, 15) is 84.1 Å². The highest BCUT2D eigenvalue weighted by Gasteiger charge is 2.56. The molecule has 6 aliphatic carbocycles. The Morgan fingerprint density at radius 2 is 0.857 bits per heavy atom. The standard InChI is InChI=1S/C31H26Cl2F3N5O2S.C31H26ClF4N5O2S.C28H25F6N7O2S2/c1-44(43,25-8-9-28(33)38-17-25)40(18-29(35)36)24-5-2-20-12-27-19(16-39-41(27)23-6-3-22(34)4-7-23)14-31(20,15-24)30(42)26-13-21(32)10-11-37-26;1-44(43,25-8-9-28(32)38-17-25)40(18-29(35)36)24-5-2-20-12-27-19(16-39-41(27)23-6-3-21(33)4-7-23)14-31(20,15-24)30(42)26-13-22(34)10-11-37-26;1-39-15-24(37-38-39)45(2,43)40(14-23(30)31)20-6-3-17-9-21-16(12-36-41(21)19-7-4-18(29)5-8-19)10-27(17,11-20)25(42)26-35-13-22(44-26)28(32,33)34/h2*3-4,6-13,16-17,24,29H,1-2,5,14-15,18H2;4-5,7-9,12-13,15,20,23H,2-3,6,10-11,14H2,1H3/t2*24-,31-,44?;20-,27-,45?/m000/s1. The molecule has 3 saturated carbocycles. The third kappa shape index (κ3) is 19.1. The lowest BCUT2D eigenvalue weighted by Crippen LogP contribution is -2.51. The molecule has 0 N–H and O–H groups in total. The summed E-state index contributed by atoms with van der Waals surface area (Å²) in [6.45, 7) is -2.62. The van der Waals surface area contributed by atoms with Crippen LogP contribution in [0, 0.1) is 39.5 Å². The van der Waals surface area contributed by atoms with Crippen molar-refractivity contribution < 1.29 is 84.1 Å². The molecule has 3 unspecified atom stereocenters. The maximum atomic E-state index is 14.5. The van der Waals surface area contributed by atoms with E-state index in [2.05, 4.69) is 68.1 Å². The Kier molecular flexibility index (Phi) is 26.8. The summed E-state index contributed by atoms with van der Waals surface area (Å²) in [4.78, 5) is 62.6. The molecule has 0 saturated heterocycles. The molecule has 0 aliphatic heterocycles. The number of rotatable bonds is 24. The summed E-state index contributed by atoms with van der Waals surface area (Å²) in [6, 6.07) is 25.9. The predicted octanol–water partition coefficient (Wildman–Crippen LogP) is 18.2. The van der Waals surface area contributed by atoms with E-state index >= 15 is 0 Å². The quantitative estimate of drug-likeness (QED) is 0.0236. The molecular weight excluding hydrogens is 1900 g/mol. The number of thiazole rings is 1. The van der Waals surface area contributed by atoms with Gasteiger partial charge in [0.15, 0.2) is 21.6 Å². The van der Waals surface area contributed by atoms with Crippen LogP contribution < -0.4 is 0 Å². The predicted molar refractivity (Wildman–Crippen MR) is 478 cm³/mol. The second kappa shape index (κ2) is 37.6. The number of hydrogen-bond donors (Lipinski definition) is 0. The summed E-state index contributed by atoms with van der Waals surface area (Å²) in [5.41, 5.74) is 3.83. The van der Waals surface area contributed by atoms with Gasteiger partial charge in [-0.05, 0) is 245 Å². The normalized spacial score (nSPS) is 21.1. The van der Waals surface area contributed by atoms with Crippen LogP contribution in [0.15, 0.2) is 209 Å². The largest absolute Gasteiger partial charge is 0.427 e. The fourth-order valence-corrected chi connectivity index (χ4v) is 25.0. The Morgan fingerprint density at radius 1 is 0.481 bits per heavy atom. The lowest BCUT2D eigenvalue weighted by Gasteiger charge is -2.47. The van der Waals surface area contributed by atoms with Crippen LogP contribution in [0.5, 0.6) is 0 Å². The van der Waals surface area contributed by atoms with Gasteiger partial charge < -0.3 is 0 Å². The number of Topliss-reactive ketones (excluding diaryl/α,β-unsaturated/α-hetero) is 3. The minimum atomic E-state index is -4.72. The molecule has 0 amide bonds. The summed E-state index contributed by atoms with van der Waals surface area (Å²) in [5, 5.41) is 21.2. The van der Waals surface area contributed by atoms with Gasteiger partial charge in [0.25, 0.3) is 19.3 Å². The molecule has 6 aliphatic rings. The highest BCUT2D eigenvalue weighted by atomic mass is 35.5. The third-order valence-electron chi connectivity index (χ3n) is 24.7. The SMILES string of the molecule is C=S(=O)(c1ccc(Cl)nc1)N(CC(F)F)[C@H]1CCC2=Cc3c(cnn3-c3ccc(F)cc3)C[C@]2(C(=O)c2cc(Cl)ccn2)C1.C=S(=O)(c1ccc(Cl)nc1)N(CC(F)F)[C@H]1CCC2=Cc3c(cnn3-c3ccc(F)cc3)C[C@]2(C(=O)c2cc(F)ccn2)C1.C=S(=O)(c1cn(C)nn1)N(CC(F)F)[C@H]1CCC2=Cc3c(cnn3-c3ccc(F)cc3)C[C@]2(C(=O)c2ncc(C(F)(F)F)s2)C1. The van der Waals surface area contributed by atoms with Crippen LogP contribution in [0.25, 0.3) is 35.3 Å². The van der Waals surface area contributed by atoms with Gasteiger partial charge in [0.05, 0.1) is 140 Å². The maximum absolute atomic E-state index is 14.5. The van der Waals surface area contributed by atoms with Crippen molar-refractivity contribution in [3.05, 3.63) is 287 Å². The summed E-state index contributed by atoms with van der Waals surface area (Å²) >= 11 is 18.3. The van der Waals surface area contributed by atoms with Crippen LogP contribution in [0.4, 0.5) is 57.1 Å². The number of fused-ring (bicyclic) bond motifs is 6. The van der Waals surface area contributed by atoms with Crippen molar-refractivity contribution >= 4 is 128 Å². The zero-order chi connectivity index (χ0) is 94.8. The van der Waals surface area contributed by atoms with Gasteiger partial charge in [-0.1, -0.05) is 56.7 Å². The number of nitrogens with zero attached hydrogens (tertiary/aromatic N) is 17. The van der Waals surface area contributed by atoms with E-state index < -0.39 is 142 Å². The Morgan fingerprint density at radius 3 is 1.20 bits per heavy atom. The molecular formula is C90H77Cl3F13N17O6S4. The molecule has 43 heteroatoms. The van der Waals surface area contributed by atoms with E-state index in [-0.39, 0.29) is 129 Å². The molecule has 12 aromatic rings. The Bertz CT molecular complexity index is 6650. The fraction of sp³-hybridized carbons (Fsp3) is 0.289. The fourth-order valence-electron chi connectivity index (χ4n) is 18.5. The first-order valence-electron chi connectivity index (χ1n) is 41.0. The average molecular weight is 1970 g/mol. The number of hydrogen-bond acceptors (Lipinski definition) is 17. The summed E-state index contributed by atoms with van der Waals surface area (Å²) in [6.07, 6.45) is 5.80. The van der Waals surface area contributed by atoms with Crippen LogP contribution in [-0.2, 0) is 61.6 Å². The first-order valence-corrected chi connectivity index (χ1v) is 48.0. The molecule has 0 bridgehead atoms. The van der Waals surface area contributed by atoms with Gasteiger partial charge in [0.2, 0.25) is 5.78 Å². The number of allylic oxidation sites excluding steroid dienone is 3. The molecule has 0 spiro atoms. The first kappa shape index (κ1) is 95.0. The van der Waals surface area contributed by atoms with Crippen LogP contribution >= 0.6 is 46.1 Å². The number of halogens is 16. The summed E-state index contributed by atoms with van der Waals surface area (Å²) < 4.78 is 232. The first-order chi connectivity index (χ1) is 63.1. The smallest absolute Gasteiger partial charge is 0.291 e. The average Bonchev–Trinajstić information content (AvgIpc) is 1.71. The number of ketones is 3. The van der Waals surface area contributed by atoms with Gasteiger partial charge >= 0.3 is 6.18 Å². The van der Waals surface area contributed by atoms with Crippen molar-refractivity contribution in [1.29, 1.82) is 0 Å². The highest BCUT2D eigenvalue weighted by Crippen LogP contribution is 2.56. The van der Waals surface area contributed by atoms with Crippen LogP contribution in [0.1, 0.15) is 127 Å². The van der Waals surface area contributed by atoms with Crippen LogP contribution in [-0.4, -0.2) is 187 Å². The maximum Gasteiger partial charge on any atom is 0.427 e. The molecule has 18 rings (SSSR count). The van der Waals surface area contributed by atoms with Crippen LogP contribution in [0.2, 0.25) is 15.3 Å². The monoisotopic (exact) mass is 1970 g/mol. The van der Waals surface area contributed by atoms with E-state index in [1.54, 1.807) is 62.8 Å². The van der Waals surface area contributed by atoms with Crippen molar-refractivity contribution in [1.82, 2.24) is 82.2 Å². The summed E-state index contributed by atoms with van der Waals surface area (Å²) in [5.74, 6) is 8.12. The topological polar surface area (TPSA) is 261 Å². The zero-order valence-electron chi connectivity index (χ0n) is 69.9. The molecule has 3 aromatic carbocycles. The molecule has 9 heterocycles. The van der Waals surface area contributed by atoms with E-state index in [0.29, 0.717) is 74.8 Å². The number of aromatic nitrogens is 14. The second-order valence-electron chi connectivity index (χ2n) is 32.8. The lowest BCUT2D eigenvalue weighted by molar-refractivity contribution is -0.134. The van der Waals surface area contributed by atoms with Crippen molar-refractivity contribution in [2.75, 3.05) is 19.6 Å². The molecule has 133 heavy (non-hydrogen) atoms. The minimum absolute atomic E-state index is 0.00270. The van der Waals surface area contributed by atoms with E-state index in [1.165, 1.54) is 136 Å². The molecule has 3 fully saturated rings. The van der Waals surface area contributed by atoms with E-state index in [4.69, 9.17) is 34.8 Å². The Hall–Kier alpha value is -11.2. The molecule has 9 aromatic heterocycles. The minimum Gasteiger partial charge on any atom is -0.291 e. The number of pyridine rings is 4. The van der Waals surface area contributed by atoms with Crippen molar-refractivity contribution in [3.8, 4) is 17.1 Å². The molecule has 0 radical (unpaired) electrons. The van der Waals surface area contributed by atoms with E-state index in [1.807, 2.05) is 12.2 Å². The van der Waals surface area contributed by atoms with Gasteiger partial charge in [-0.15, -0.1) is 16.4 Å². The zero-order valence-corrected chi connectivity index (χ0v) is 75.4. The van der Waals surface area contributed by atoms with E-state index in [0.717, 1.165) is 33.3 Å². The number of benzene rings is 3. The van der Waals surface area contributed by atoms with Gasteiger partial charge in [-0.3, -0.25) is 29.0 Å². The van der Waals surface area contributed by atoms with Gasteiger partial charge in [-0.2, -0.15) is 28.5 Å². The third-order valence-corrected chi connectivity index (χ3v) is 32.8.